The molecule has 4 heterocycles. The first-order valence-electron chi connectivity index (χ1n) is 14.4. The van der Waals surface area contributed by atoms with E-state index in [9.17, 15) is 0 Å². The normalized spacial score (nSPS) is 14.0. The number of fused-ring (bicyclic) bond motifs is 4. The molecule has 3 aromatic heterocycles. The SMILES string of the molecule is COc1ccc([C@@H]2c3c(C)nn(-c4ccccc4)c3Oc3ncn4nc(COc5cc(C)ccc5C(C)C)nc4c32)cc1. The van der Waals surface area contributed by atoms with Crippen LogP contribution in [0.2, 0.25) is 0 Å². The standard InChI is InChI=1S/C34H32N6O3/c1-20(2)26-16-11-21(3)17-27(26)42-18-28-36-32-31-30(23-12-14-25(41-5)15-13-23)29-22(4)37-40(24-9-7-6-8-10-24)34(29)43-33(31)35-19-39(32)38-28/h6-17,19-20,30H,18H2,1-5H3/t30-/m1/s1. The van der Waals surface area contributed by atoms with Crippen molar-refractivity contribution in [1.29, 1.82) is 0 Å². The molecule has 9 nitrogen and oxygen atoms in total. The highest BCUT2D eigenvalue weighted by atomic mass is 16.5. The van der Waals surface area contributed by atoms with Gasteiger partial charge in [0.25, 0.3) is 0 Å². The lowest BCUT2D eigenvalue weighted by Gasteiger charge is -2.26. The molecule has 0 spiro atoms. The van der Waals surface area contributed by atoms with Crippen molar-refractivity contribution in [2.24, 2.45) is 0 Å². The van der Waals surface area contributed by atoms with Gasteiger partial charge in [-0.25, -0.2) is 19.2 Å². The Kier molecular flexibility index (Phi) is 6.57. The number of hydrogen-bond donors (Lipinski definition) is 0. The van der Waals surface area contributed by atoms with E-state index in [0.717, 1.165) is 50.7 Å². The molecule has 0 saturated carbocycles. The summed E-state index contributed by atoms with van der Waals surface area (Å²) in [4.78, 5) is 9.68. The minimum absolute atomic E-state index is 0.226. The molecule has 0 saturated heterocycles. The number of rotatable bonds is 7. The first kappa shape index (κ1) is 26.7. The summed E-state index contributed by atoms with van der Waals surface area (Å²) in [6.45, 7) is 8.62. The molecule has 0 fully saturated rings. The molecule has 1 atom stereocenters. The van der Waals surface area contributed by atoms with Crippen LogP contribution in [0.3, 0.4) is 0 Å². The highest BCUT2D eigenvalue weighted by Gasteiger charge is 2.38. The summed E-state index contributed by atoms with van der Waals surface area (Å²) in [5, 5.41) is 9.65. The van der Waals surface area contributed by atoms with Crippen molar-refractivity contribution in [2.75, 3.05) is 7.11 Å². The van der Waals surface area contributed by atoms with Crippen LogP contribution in [-0.4, -0.2) is 36.5 Å². The maximum absolute atomic E-state index is 6.53. The molecule has 3 aromatic carbocycles. The van der Waals surface area contributed by atoms with E-state index in [1.165, 1.54) is 0 Å². The predicted molar refractivity (Wildman–Crippen MR) is 163 cm³/mol. The summed E-state index contributed by atoms with van der Waals surface area (Å²) in [7, 11) is 1.67. The van der Waals surface area contributed by atoms with E-state index in [0.29, 0.717) is 29.1 Å². The topological polar surface area (TPSA) is 88.6 Å². The fraction of sp³-hybridized carbons (Fsp3) is 0.235. The lowest BCUT2D eigenvalue weighted by molar-refractivity contribution is 0.291. The zero-order valence-corrected chi connectivity index (χ0v) is 24.8. The first-order chi connectivity index (χ1) is 20.9. The van der Waals surface area contributed by atoms with Crippen molar-refractivity contribution in [3.8, 4) is 28.9 Å². The molecular weight excluding hydrogens is 540 g/mol. The lowest BCUT2D eigenvalue weighted by Crippen LogP contribution is -2.16. The van der Waals surface area contributed by atoms with Gasteiger partial charge in [-0.05, 0) is 66.8 Å². The largest absolute Gasteiger partial charge is 0.497 e. The van der Waals surface area contributed by atoms with Crippen LogP contribution in [0.25, 0.3) is 11.3 Å². The molecule has 43 heavy (non-hydrogen) atoms. The first-order valence-corrected chi connectivity index (χ1v) is 14.4. The molecule has 1 aliphatic heterocycles. The van der Waals surface area contributed by atoms with Gasteiger partial charge in [-0.15, -0.1) is 5.10 Å². The van der Waals surface area contributed by atoms with Gasteiger partial charge in [-0.3, -0.25) is 0 Å². The molecule has 0 amide bonds. The summed E-state index contributed by atoms with van der Waals surface area (Å²) < 4.78 is 21.8. The summed E-state index contributed by atoms with van der Waals surface area (Å²) in [5.41, 5.74) is 7.54. The van der Waals surface area contributed by atoms with E-state index >= 15 is 0 Å². The van der Waals surface area contributed by atoms with Gasteiger partial charge in [0.1, 0.15) is 24.4 Å². The van der Waals surface area contributed by atoms with Gasteiger partial charge in [0.15, 0.2) is 11.5 Å². The summed E-state index contributed by atoms with van der Waals surface area (Å²) in [5.74, 6) is 3.38. The smallest absolute Gasteiger partial charge is 0.230 e. The molecule has 0 unspecified atom stereocenters. The Morgan fingerprint density at radius 1 is 0.930 bits per heavy atom. The Morgan fingerprint density at radius 3 is 2.47 bits per heavy atom. The summed E-state index contributed by atoms with van der Waals surface area (Å²) >= 11 is 0. The van der Waals surface area contributed by atoms with Crippen molar-refractivity contribution in [1.82, 2.24) is 29.4 Å². The van der Waals surface area contributed by atoms with Crippen LogP contribution in [0.5, 0.6) is 23.3 Å². The number of nitrogens with zero attached hydrogens (tertiary/aromatic N) is 6. The molecule has 216 valence electrons. The molecular formula is C34H32N6O3. The summed E-state index contributed by atoms with van der Waals surface area (Å²) in [6.07, 6.45) is 1.64. The second-order valence-corrected chi connectivity index (χ2v) is 11.1. The number of aromatic nitrogens is 6. The highest BCUT2D eigenvalue weighted by Crippen LogP contribution is 2.49. The van der Waals surface area contributed by atoms with Crippen molar-refractivity contribution < 1.29 is 14.2 Å². The van der Waals surface area contributed by atoms with Crippen molar-refractivity contribution in [2.45, 2.75) is 46.1 Å². The zero-order valence-electron chi connectivity index (χ0n) is 24.8. The Labute approximate surface area is 249 Å². The third kappa shape index (κ3) is 4.67. The van der Waals surface area contributed by atoms with Crippen LogP contribution in [0.1, 0.15) is 65.0 Å². The average molecular weight is 573 g/mol. The van der Waals surface area contributed by atoms with Crippen molar-refractivity contribution in [3.05, 3.63) is 118 Å². The van der Waals surface area contributed by atoms with Gasteiger partial charge >= 0.3 is 0 Å². The number of para-hydroxylation sites is 1. The number of aryl methyl sites for hydroxylation is 2. The average Bonchev–Trinajstić information content (AvgIpc) is 3.60. The van der Waals surface area contributed by atoms with Crippen LogP contribution in [0.15, 0.2) is 79.1 Å². The van der Waals surface area contributed by atoms with Gasteiger partial charge < -0.3 is 14.2 Å². The molecule has 0 bridgehead atoms. The van der Waals surface area contributed by atoms with E-state index < -0.39 is 0 Å². The molecule has 7 rings (SSSR count). The van der Waals surface area contributed by atoms with Crippen molar-refractivity contribution in [3.63, 3.8) is 0 Å². The fourth-order valence-electron chi connectivity index (χ4n) is 5.74. The van der Waals surface area contributed by atoms with Crippen LogP contribution in [-0.2, 0) is 6.61 Å². The minimum atomic E-state index is -0.249. The van der Waals surface area contributed by atoms with Crippen LogP contribution < -0.4 is 14.2 Å². The van der Waals surface area contributed by atoms with Gasteiger partial charge in [-0.2, -0.15) is 5.10 Å². The molecule has 1 aliphatic rings. The monoisotopic (exact) mass is 572 g/mol. The third-order valence-corrected chi connectivity index (χ3v) is 7.86. The second kappa shape index (κ2) is 10.6. The zero-order chi connectivity index (χ0) is 29.7. The van der Waals surface area contributed by atoms with E-state index in [2.05, 4.69) is 51.1 Å². The van der Waals surface area contributed by atoms with Crippen LogP contribution in [0.4, 0.5) is 0 Å². The molecule has 0 N–H and O–H groups in total. The number of methoxy groups -OCH3 is 1. The van der Waals surface area contributed by atoms with E-state index in [4.69, 9.17) is 34.4 Å². The third-order valence-electron chi connectivity index (χ3n) is 7.86. The number of benzene rings is 3. The Balaban J connectivity index is 1.35. The second-order valence-electron chi connectivity index (χ2n) is 11.1. The van der Waals surface area contributed by atoms with Gasteiger partial charge in [0.05, 0.1) is 35.5 Å². The van der Waals surface area contributed by atoms with Crippen LogP contribution in [0, 0.1) is 13.8 Å². The van der Waals surface area contributed by atoms with Crippen molar-refractivity contribution >= 4 is 5.65 Å². The Morgan fingerprint density at radius 2 is 1.72 bits per heavy atom. The quantitative estimate of drug-likeness (QED) is 0.205. The highest BCUT2D eigenvalue weighted by molar-refractivity contribution is 5.66. The minimum Gasteiger partial charge on any atom is -0.497 e. The molecule has 0 aliphatic carbocycles. The fourth-order valence-corrected chi connectivity index (χ4v) is 5.74. The van der Waals surface area contributed by atoms with E-state index in [1.807, 2.05) is 54.1 Å². The molecule has 0 radical (unpaired) electrons. The maximum Gasteiger partial charge on any atom is 0.230 e. The summed E-state index contributed by atoms with van der Waals surface area (Å²) in [6, 6.07) is 24.3. The molecule has 6 aromatic rings. The Bertz CT molecular complexity index is 1940. The van der Waals surface area contributed by atoms with Crippen LogP contribution >= 0.6 is 0 Å². The van der Waals surface area contributed by atoms with Gasteiger partial charge in [0.2, 0.25) is 11.8 Å². The van der Waals surface area contributed by atoms with E-state index in [-0.39, 0.29) is 12.5 Å². The molecule has 9 heteroatoms. The maximum atomic E-state index is 6.53. The number of hydrogen-bond acceptors (Lipinski definition) is 7. The van der Waals surface area contributed by atoms with Gasteiger partial charge in [0, 0.05) is 0 Å². The van der Waals surface area contributed by atoms with E-state index in [1.54, 1.807) is 18.0 Å². The predicted octanol–water partition coefficient (Wildman–Crippen LogP) is 6.92. The van der Waals surface area contributed by atoms with Gasteiger partial charge in [-0.1, -0.05) is 56.3 Å². The number of ether oxygens (including phenoxy) is 3. The Hall–Kier alpha value is -5.18. The lowest BCUT2D eigenvalue weighted by atomic mass is 9.84.